The van der Waals surface area contributed by atoms with E-state index in [1.807, 2.05) is 38.1 Å². The molecule has 0 radical (unpaired) electrons. The number of aromatic hydroxyl groups is 1. The quantitative estimate of drug-likeness (QED) is 0.337. The zero-order valence-corrected chi connectivity index (χ0v) is 18.9. The molecule has 0 amide bonds. The summed E-state index contributed by atoms with van der Waals surface area (Å²) in [7, 11) is 0. The van der Waals surface area contributed by atoms with Gasteiger partial charge in [-0.2, -0.15) is 0 Å². The van der Waals surface area contributed by atoms with Crippen LogP contribution in [0.15, 0.2) is 54.6 Å². The summed E-state index contributed by atoms with van der Waals surface area (Å²) in [6.45, 7) is 3.89. The number of phenolic OH excluding ortho intramolecular Hbond substituents is 1. The van der Waals surface area contributed by atoms with Gasteiger partial charge in [0.1, 0.15) is 5.75 Å². The summed E-state index contributed by atoms with van der Waals surface area (Å²) in [5.41, 5.74) is 2.11. The molecule has 0 aliphatic carbocycles. The molecule has 0 atom stereocenters. The number of phenols is 1. The van der Waals surface area contributed by atoms with Gasteiger partial charge in [-0.05, 0) is 67.4 Å². The average Bonchev–Trinajstić information content (AvgIpc) is 2.60. The van der Waals surface area contributed by atoms with Gasteiger partial charge in [0.15, 0.2) is 0 Å². The Kier molecular flexibility index (Phi) is 10.7. The molecule has 0 unspecified atom stereocenters. The van der Waals surface area contributed by atoms with Crippen LogP contribution in [0.2, 0.25) is 30.1 Å². The predicted octanol–water partition coefficient (Wildman–Crippen LogP) is 9.30. The second kappa shape index (κ2) is 11.9. The molecule has 1 N–H and O–H groups in total. The SMILES string of the molecule is Cc1ccc(Cl)cc1Cl.Cc1ccc(Cl)cc1Cl.Oc1ccc(Cl)cc1Cl. The Morgan fingerprint density at radius 2 is 0.852 bits per heavy atom. The molecule has 3 rings (SSSR count). The molecular weight excluding hydrogens is 469 g/mol. The van der Waals surface area contributed by atoms with Gasteiger partial charge >= 0.3 is 0 Å². The summed E-state index contributed by atoms with van der Waals surface area (Å²) < 4.78 is 0. The van der Waals surface area contributed by atoms with Crippen molar-refractivity contribution in [3.8, 4) is 5.75 Å². The molecule has 0 aliphatic heterocycles. The summed E-state index contributed by atoms with van der Waals surface area (Å²) in [5.74, 6) is 0.0565. The zero-order valence-electron chi connectivity index (χ0n) is 14.4. The normalized spacial score (nSPS) is 9.63. The van der Waals surface area contributed by atoms with Crippen LogP contribution in [0.1, 0.15) is 11.1 Å². The molecule has 0 aliphatic rings. The van der Waals surface area contributed by atoms with Gasteiger partial charge in [-0.15, -0.1) is 0 Å². The number of aryl methyl sites for hydroxylation is 2. The summed E-state index contributed by atoms with van der Waals surface area (Å²) in [6, 6.07) is 15.4. The fraction of sp³-hybridized carbons (Fsp3) is 0.100. The van der Waals surface area contributed by atoms with E-state index in [0.29, 0.717) is 15.1 Å². The summed E-state index contributed by atoms with van der Waals surface area (Å²) in [6.07, 6.45) is 0. The van der Waals surface area contributed by atoms with E-state index in [1.165, 1.54) is 12.1 Å². The van der Waals surface area contributed by atoms with Crippen molar-refractivity contribution in [2.24, 2.45) is 0 Å². The third-order valence-corrected chi connectivity index (χ3v) is 5.00. The molecule has 3 aromatic rings. The van der Waals surface area contributed by atoms with Gasteiger partial charge in [0.25, 0.3) is 0 Å². The molecule has 0 aromatic heterocycles. The van der Waals surface area contributed by atoms with Crippen LogP contribution >= 0.6 is 69.6 Å². The van der Waals surface area contributed by atoms with Crippen molar-refractivity contribution in [3.05, 3.63) is 95.9 Å². The van der Waals surface area contributed by atoms with E-state index in [9.17, 15) is 0 Å². The maximum atomic E-state index is 8.85. The fourth-order valence-electron chi connectivity index (χ4n) is 1.62. The largest absolute Gasteiger partial charge is 0.506 e. The van der Waals surface area contributed by atoms with Crippen LogP contribution in [0.25, 0.3) is 0 Å². The summed E-state index contributed by atoms with van der Waals surface area (Å²) >= 11 is 33.7. The fourth-order valence-corrected chi connectivity index (χ4v) is 2.84. The van der Waals surface area contributed by atoms with E-state index in [-0.39, 0.29) is 10.8 Å². The molecule has 0 saturated carbocycles. The van der Waals surface area contributed by atoms with E-state index in [2.05, 4.69) is 0 Å². The Labute approximate surface area is 189 Å². The molecule has 0 bridgehead atoms. The van der Waals surface area contributed by atoms with E-state index >= 15 is 0 Å². The van der Waals surface area contributed by atoms with E-state index < -0.39 is 0 Å². The molecule has 0 heterocycles. The second-order valence-electron chi connectivity index (χ2n) is 5.38. The molecule has 27 heavy (non-hydrogen) atoms. The van der Waals surface area contributed by atoms with Crippen LogP contribution in [0.5, 0.6) is 5.75 Å². The Hall–Kier alpha value is -0.800. The third kappa shape index (κ3) is 9.30. The minimum absolute atomic E-state index is 0.0565. The lowest BCUT2D eigenvalue weighted by molar-refractivity contribution is 0.475. The van der Waals surface area contributed by atoms with Crippen LogP contribution in [0.4, 0.5) is 0 Å². The Morgan fingerprint density at radius 3 is 1.11 bits per heavy atom. The highest BCUT2D eigenvalue weighted by atomic mass is 35.5. The van der Waals surface area contributed by atoms with E-state index in [1.54, 1.807) is 18.2 Å². The van der Waals surface area contributed by atoms with Crippen molar-refractivity contribution < 1.29 is 5.11 Å². The first-order valence-corrected chi connectivity index (χ1v) is 9.84. The lowest BCUT2D eigenvalue weighted by Crippen LogP contribution is -1.71. The van der Waals surface area contributed by atoms with Crippen molar-refractivity contribution in [3.63, 3.8) is 0 Å². The van der Waals surface area contributed by atoms with Crippen molar-refractivity contribution in [2.75, 3.05) is 0 Å². The molecule has 0 spiro atoms. The second-order valence-corrected chi connectivity index (χ2v) is 7.91. The molecule has 144 valence electrons. The van der Waals surface area contributed by atoms with Gasteiger partial charge in [-0.25, -0.2) is 0 Å². The van der Waals surface area contributed by atoms with Crippen LogP contribution in [0.3, 0.4) is 0 Å². The van der Waals surface area contributed by atoms with Crippen molar-refractivity contribution in [1.29, 1.82) is 0 Å². The van der Waals surface area contributed by atoms with Gasteiger partial charge < -0.3 is 5.11 Å². The molecule has 3 aromatic carbocycles. The van der Waals surface area contributed by atoms with Crippen LogP contribution in [-0.2, 0) is 0 Å². The number of halogens is 6. The maximum absolute atomic E-state index is 8.85. The van der Waals surface area contributed by atoms with Gasteiger partial charge in [-0.1, -0.05) is 81.7 Å². The molecular formula is C20H16Cl6O. The third-order valence-electron chi connectivity index (χ3n) is 3.18. The minimum Gasteiger partial charge on any atom is -0.506 e. The zero-order chi connectivity index (χ0) is 20.6. The number of hydrogen-bond donors (Lipinski definition) is 1. The Balaban J connectivity index is 0.000000202. The first kappa shape index (κ1) is 24.2. The van der Waals surface area contributed by atoms with Crippen molar-refractivity contribution in [1.82, 2.24) is 0 Å². The van der Waals surface area contributed by atoms with Crippen LogP contribution in [0, 0.1) is 13.8 Å². The highest BCUT2D eigenvalue weighted by molar-refractivity contribution is 6.36. The summed E-state index contributed by atoms with van der Waals surface area (Å²) in [4.78, 5) is 0. The van der Waals surface area contributed by atoms with Crippen molar-refractivity contribution >= 4 is 69.6 Å². The smallest absolute Gasteiger partial charge is 0.134 e. The van der Waals surface area contributed by atoms with Gasteiger partial charge in [0, 0.05) is 25.1 Å². The molecule has 0 fully saturated rings. The Morgan fingerprint density at radius 1 is 0.519 bits per heavy atom. The predicted molar refractivity (Wildman–Crippen MR) is 121 cm³/mol. The lowest BCUT2D eigenvalue weighted by Gasteiger charge is -1.94. The monoisotopic (exact) mass is 482 g/mol. The number of hydrogen-bond acceptors (Lipinski definition) is 1. The number of rotatable bonds is 0. The minimum atomic E-state index is 0.0565. The van der Waals surface area contributed by atoms with Crippen LogP contribution in [-0.4, -0.2) is 5.11 Å². The summed E-state index contributed by atoms with van der Waals surface area (Å²) in [5, 5.41) is 12.5. The first-order valence-electron chi connectivity index (χ1n) is 7.57. The standard InChI is InChI=1S/2C7H6Cl2.C6H4Cl2O/c2*1-5-2-3-6(8)4-7(5)9;7-4-1-2-6(9)5(8)3-4/h2*2-4H,1H3;1-3,9H. The topological polar surface area (TPSA) is 20.2 Å². The van der Waals surface area contributed by atoms with E-state index in [4.69, 9.17) is 74.7 Å². The average molecular weight is 485 g/mol. The Bertz CT molecular complexity index is 778. The van der Waals surface area contributed by atoms with Crippen LogP contribution < -0.4 is 0 Å². The first-order chi connectivity index (χ1) is 12.6. The van der Waals surface area contributed by atoms with Gasteiger partial charge in [0.05, 0.1) is 5.02 Å². The highest BCUT2D eigenvalue weighted by Gasteiger charge is 1.96. The van der Waals surface area contributed by atoms with E-state index in [0.717, 1.165) is 21.2 Å². The van der Waals surface area contributed by atoms with Gasteiger partial charge in [0.2, 0.25) is 0 Å². The number of benzene rings is 3. The maximum Gasteiger partial charge on any atom is 0.134 e. The van der Waals surface area contributed by atoms with Crippen molar-refractivity contribution in [2.45, 2.75) is 13.8 Å². The molecule has 7 heteroatoms. The van der Waals surface area contributed by atoms with Gasteiger partial charge in [-0.3, -0.25) is 0 Å². The lowest BCUT2D eigenvalue weighted by atomic mass is 10.2. The molecule has 0 saturated heterocycles. The molecule has 1 nitrogen and oxygen atoms in total. The highest BCUT2D eigenvalue weighted by Crippen LogP contribution is 2.25.